The summed E-state index contributed by atoms with van der Waals surface area (Å²) >= 11 is 0. The summed E-state index contributed by atoms with van der Waals surface area (Å²) in [5, 5.41) is 0. The van der Waals surface area contributed by atoms with Crippen LogP contribution in [-0.4, -0.2) is 43.8 Å². The van der Waals surface area contributed by atoms with Gasteiger partial charge in [-0.3, -0.25) is 9.59 Å². The molecule has 1 rings (SSSR count). The molecule has 0 aromatic heterocycles. The number of carbonyl (C=O) groups is 3. The van der Waals surface area contributed by atoms with Crippen LogP contribution in [0.1, 0.15) is 32.8 Å². The molecule has 0 saturated heterocycles. The molecule has 0 unspecified atom stereocenters. The third-order valence-electron chi connectivity index (χ3n) is 3.45. The second-order valence-electron chi connectivity index (χ2n) is 5.47. The van der Waals surface area contributed by atoms with E-state index in [-0.39, 0.29) is 26.2 Å². The summed E-state index contributed by atoms with van der Waals surface area (Å²) in [6, 6.07) is 9.55. The fraction of sp³-hybridized carbons (Fsp3) is 0.526. The maximum Gasteiger partial charge on any atom is 0.348 e. The van der Waals surface area contributed by atoms with E-state index in [4.69, 9.17) is 18.9 Å². The second-order valence-corrected chi connectivity index (χ2v) is 5.47. The van der Waals surface area contributed by atoms with E-state index in [0.717, 1.165) is 5.56 Å². The Kier molecular flexibility index (Phi) is 10.0. The number of ether oxygens (including phenoxy) is 4. The minimum atomic E-state index is -1.35. The van der Waals surface area contributed by atoms with Gasteiger partial charge in [0, 0.05) is 13.5 Å². The van der Waals surface area contributed by atoms with Crippen molar-refractivity contribution in [2.45, 2.75) is 39.9 Å². The average Bonchev–Trinajstić information content (AvgIpc) is 2.61. The highest BCUT2D eigenvalue weighted by atomic mass is 16.6. The van der Waals surface area contributed by atoms with Gasteiger partial charge in [-0.25, -0.2) is 4.79 Å². The lowest BCUT2D eigenvalue weighted by atomic mass is 9.98. The molecule has 7 nitrogen and oxygen atoms in total. The van der Waals surface area contributed by atoms with Crippen LogP contribution < -0.4 is 0 Å². The predicted molar refractivity (Wildman–Crippen MR) is 93.0 cm³/mol. The molecule has 0 aliphatic rings. The van der Waals surface area contributed by atoms with Gasteiger partial charge >= 0.3 is 17.9 Å². The molecular formula is C19H26O7. The second kappa shape index (κ2) is 12.0. The van der Waals surface area contributed by atoms with Crippen LogP contribution in [0, 0.1) is 5.92 Å². The Labute approximate surface area is 153 Å². The normalized spacial score (nSPS) is 12.7. The molecule has 7 heteroatoms. The Morgan fingerprint density at radius 2 is 1.58 bits per heavy atom. The molecule has 0 amide bonds. The monoisotopic (exact) mass is 366 g/mol. The van der Waals surface area contributed by atoms with Gasteiger partial charge in [0.05, 0.1) is 19.8 Å². The first-order valence-corrected chi connectivity index (χ1v) is 8.61. The summed E-state index contributed by atoms with van der Waals surface area (Å²) in [5.74, 6) is -3.07. The van der Waals surface area contributed by atoms with Crippen molar-refractivity contribution in [2.75, 3.05) is 19.8 Å². The first-order valence-electron chi connectivity index (χ1n) is 8.61. The Morgan fingerprint density at radius 3 is 2.15 bits per heavy atom. The average molecular weight is 366 g/mol. The third-order valence-corrected chi connectivity index (χ3v) is 3.45. The highest BCUT2D eigenvalue weighted by Crippen LogP contribution is 2.18. The van der Waals surface area contributed by atoms with Gasteiger partial charge in [0.25, 0.3) is 0 Å². The molecule has 1 aromatic rings. The molecule has 144 valence electrons. The zero-order valence-corrected chi connectivity index (χ0v) is 15.4. The Hall–Kier alpha value is -2.41. The van der Waals surface area contributed by atoms with Gasteiger partial charge < -0.3 is 18.9 Å². The standard InChI is InChI=1S/C19H26O7/c1-4-24-18(21)16(17(26-14(3)20)19(22)25-5-2)11-12-23-13-15-9-7-6-8-10-15/h6-10,16-17H,4-5,11-13H2,1-3H3/t16-,17+/m0/s1. The molecule has 0 bridgehead atoms. The fourth-order valence-electron chi connectivity index (χ4n) is 2.31. The minimum absolute atomic E-state index is 0.108. The van der Waals surface area contributed by atoms with Crippen LogP contribution in [0.15, 0.2) is 30.3 Å². The van der Waals surface area contributed by atoms with E-state index in [9.17, 15) is 14.4 Å². The van der Waals surface area contributed by atoms with Crippen LogP contribution in [-0.2, 0) is 39.9 Å². The molecule has 0 fully saturated rings. The van der Waals surface area contributed by atoms with Crippen LogP contribution in [0.5, 0.6) is 0 Å². The van der Waals surface area contributed by atoms with Crippen LogP contribution in [0.25, 0.3) is 0 Å². The van der Waals surface area contributed by atoms with Crippen molar-refractivity contribution in [3.05, 3.63) is 35.9 Å². The van der Waals surface area contributed by atoms with Crippen molar-refractivity contribution in [3.8, 4) is 0 Å². The first kappa shape index (κ1) is 21.6. The molecule has 0 N–H and O–H groups in total. The van der Waals surface area contributed by atoms with Crippen LogP contribution >= 0.6 is 0 Å². The van der Waals surface area contributed by atoms with E-state index < -0.39 is 29.9 Å². The van der Waals surface area contributed by atoms with E-state index in [0.29, 0.717) is 6.61 Å². The number of hydrogen-bond donors (Lipinski definition) is 0. The summed E-state index contributed by atoms with van der Waals surface area (Å²) in [6.45, 7) is 5.27. The molecular weight excluding hydrogens is 340 g/mol. The molecule has 2 atom stereocenters. The molecule has 0 saturated carbocycles. The zero-order chi connectivity index (χ0) is 19.4. The number of carbonyl (C=O) groups excluding carboxylic acids is 3. The zero-order valence-electron chi connectivity index (χ0n) is 15.4. The van der Waals surface area contributed by atoms with Crippen LogP contribution in [0.2, 0.25) is 0 Å². The lowest BCUT2D eigenvalue weighted by Crippen LogP contribution is -2.41. The molecule has 0 aliphatic carbocycles. The van der Waals surface area contributed by atoms with E-state index in [1.54, 1.807) is 13.8 Å². The van der Waals surface area contributed by atoms with Gasteiger partial charge in [0.15, 0.2) is 0 Å². The molecule has 26 heavy (non-hydrogen) atoms. The lowest BCUT2D eigenvalue weighted by Gasteiger charge is -2.23. The largest absolute Gasteiger partial charge is 0.466 e. The van der Waals surface area contributed by atoms with Gasteiger partial charge in [0.2, 0.25) is 6.10 Å². The predicted octanol–water partition coefficient (Wildman–Crippen LogP) is 2.27. The number of benzene rings is 1. The van der Waals surface area contributed by atoms with Gasteiger partial charge in [-0.1, -0.05) is 30.3 Å². The number of rotatable bonds is 11. The van der Waals surface area contributed by atoms with Crippen molar-refractivity contribution in [1.29, 1.82) is 0 Å². The van der Waals surface area contributed by atoms with Crippen LogP contribution in [0.3, 0.4) is 0 Å². The highest BCUT2D eigenvalue weighted by Gasteiger charge is 2.38. The van der Waals surface area contributed by atoms with E-state index in [2.05, 4.69) is 0 Å². The van der Waals surface area contributed by atoms with Crippen molar-refractivity contribution >= 4 is 17.9 Å². The molecule has 0 spiro atoms. The topological polar surface area (TPSA) is 88.1 Å². The van der Waals surface area contributed by atoms with Crippen molar-refractivity contribution in [3.63, 3.8) is 0 Å². The molecule has 1 aromatic carbocycles. The van der Waals surface area contributed by atoms with Gasteiger partial charge in [-0.05, 0) is 25.8 Å². The Bertz CT molecular complexity index is 571. The lowest BCUT2D eigenvalue weighted by molar-refractivity contribution is -0.177. The maximum absolute atomic E-state index is 12.3. The Balaban J connectivity index is 2.75. The van der Waals surface area contributed by atoms with Gasteiger partial charge in [0.1, 0.15) is 5.92 Å². The number of hydrogen-bond acceptors (Lipinski definition) is 7. The third kappa shape index (κ3) is 7.65. The summed E-state index contributed by atoms with van der Waals surface area (Å²) in [4.78, 5) is 35.7. The Morgan fingerprint density at radius 1 is 0.962 bits per heavy atom. The summed E-state index contributed by atoms with van der Waals surface area (Å²) < 4.78 is 20.6. The van der Waals surface area contributed by atoms with Crippen LogP contribution in [0.4, 0.5) is 0 Å². The quantitative estimate of drug-likeness (QED) is 0.337. The molecule has 0 radical (unpaired) electrons. The van der Waals surface area contributed by atoms with Crippen molar-refractivity contribution < 1.29 is 33.3 Å². The molecule has 0 heterocycles. The number of esters is 3. The maximum atomic E-state index is 12.3. The molecule has 0 aliphatic heterocycles. The fourth-order valence-corrected chi connectivity index (χ4v) is 2.31. The first-order chi connectivity index (χ1) is 12.5. The highest BCUT2D eigenvalue weighted by molar-refractivity contribution is 5.85. The summed E-state index contributed by atoms with van der Waals surface area (Å²) in [5.41, 5.74) is 0.988. The van der Waals surface area contributed by atoms with E-state index in [1.165, 1.54) is 6.92 Å². The SMILES string of the molecule is CCOC(=O)[C@@H](CCOCc1ccccc1)[C@@H](OC(C)=O)C(=O)OCC. The van der Waals surface area contributed by atoms with Gasteiger partial charge in [-0.2, -0.15) is 0 Å². The van der Waals surface area contributed by atoms with E-state index in [1.807, 2.05) is 30.3 Å². The minimum Gasteiger partial charge on any atom is -0.466 e. The van der Waals surface area contributed by atoms with Crippen molar-refractivity contribution in [2.24, 2.45) is 5.92 Å². The van der Waals surface area contributed by atoms with Crippen molar-refractivity contribution in [1.82, 2.24) is 0 Å². The van der Waals surface area contributed by atoms with Gasteiger partial charge in [-0.15, -0.1) is 0 Å². The smallest absolute Gasteiger partial charge is 0.348 e. The van der Waals surface area contributed by atoms with E-state index >= 15 is 0 Å². The summed E-state index contributed by atoms with van der Waals surface area (Å²) in [7, 11) is 0. The summed E-state index contributed by atoms with van der Waals surface area (Å²) in [6.07, 6.45) is -1.20.